The molecule has 0 bridgehead atoms. The summed E-state index contributed by atoms with van der Waals surface area (Å²) >= 11 is 0. The van der Waals surface area contributed by atoms with Crippen molar-refractivity contribution in [1.82, 2.24) is 0 Å². The number of hydrogen-bond donors (Lipinski definition) is 2. The second-order valence-electron chi connectivity index (χ2n) is 6.64. The maximum absolute atomic E-state index is 12.9. The van der Waals surface area contributed by atoms with Crippen LogP contribution in [0.3, 0.4) is 0 Å². The van der Waals surface area contributed by atoms with Gasteiger partial charge >= 0.3 is 6.09 Å². The van der Waals surface area contributed by atoms with Crippen molar-refractivity contribution in [3.63, 3.8) is 0 Å². The number of benzene rings is 1. The minimum Gasteiger partial charge on any atom is -0.496 e. The van der Waals surface area contributed by atoms with Crippen molar-refractivity contribution in [2.24, 2.45) is 5.73 Å². The molecule has 23 heavy (non-hydrogen) atoms. The van der Waals surface area contributed by atoms with Crippen molar-refractivity contribution in [3.8, 4) is 5.75 Å². The fourth-order valence-electron chi connectivity index (χ4n) is 1.88. The molecule has 1 aromatic rings. The number of nitrogens with two attached hydrogens (primary N) is 1. The molecule has 0 heterocycles. The summed E-state index contributed by atoms with van der Waals surface area (Å²) in [7, 11) is 1.42. The first-order chi connectivity index (χ1) is 10.4. The Labute approximate surface area is 135 Å². The summed E-state index contributed by atoms with van der Waals surface area (Å²) in [5.41, 5.74) is 4.31. The molecule has 0 spiro atoms. The molecule has 0 aliphatic heterocycles. The molecule has 0 aliphatic rings. The molecule has 1 rings (SSSR count). The third kappa shape index (κ3) is 6.02. The number of ether oxygens (including phenoxy) is 2. The first-order valence-corrected chi connectivity index (χ1v) is 7.18. The van der Waals surface area contributed by atoms with E-state index in [1.165, 1.54) is 14.0 Å². The molecule has 0 radical (unpaired) electrons. The van der Waals surface area contributed by atoms with Crippen molar-refractivity contribution in [1.29, 1.82) is 0 Å². The summed E-state index contributed by atoms with van der Waals surface area (Å²) in [6.45, 7) is 6.54. The summed E-state index contributed by atoms with van der Waals surface area (Å²) < 4.78 is 36.2. The number of methoxy groups -OCH3 is 1. The number of halogens is 2. The Morgan fingerprint density at radius 3 is 2.39 bits per heavy atom. The zero-order valence-electron chi connectivity index (χ0n) is 14.1. The smallest absolute Gasteiger partial charge is 0.412 e. The van der Waals surface area contributed by atoms with Gasteiger partial charge < -0.3 is 15.2 Å². The fourth-order valence-corrected chi connectivity index (χ4v) is 1.88. The van der Waals surface area contributed by atoms with Crippen molar-refractivity contribution >= 4 is 11.8 Å². The van der Waals surface area contributed by atoms with Gasteiger partial charge in [0.05, 0.1) is 12.6 Å². The number of carbonyl (C=O) groups is 1. The lowest BCUT2D eigenvalue weighted by Gasteiger charge is -2.25. The number of rotatable bonds is 5. The SMILES string of the molecule is COc1cc(NC(=O)OC(C)(C)C)ccc1CC(C)(N)C(F)F. The van der Waals surface area contributed by atoms with Crippen molar-refractivity contribution in [2.45, 2.75) is 51.7 Å². The van der Waals surface area contributed by atoms with Crippen molar-refractivity contribution < 1.29 is 23.0 Å². The molecule has 0 saturated heterocycles. The number of hydrogen-bond acceptors (Lipinski definition) is 4. The summed E-state index contributed by atoms with van der Waals surface area (Å²) in [4.78, 5) is 11.7. The zero-order valence-corrected chi connectivity index (χ0v) is 14.1. The first kappa shape index (κ1) is 19.2. The maximum atomic E-state index is 12.9. The minimum absolute atomic E-state index is 0.0550. The van der Waals surface area contributed by atoms with Gasteiger partial charge in [-0.05, 0) is 45.7 Å². The lowest BCUT2D eigenvalue weighted by Crippen LogP contribution is -2.45. The summed E-state index contributed by atoms with van der Waals surface area (Å²) in [6, 6.07) is 4.73. The highest BCUT2D eigenvalue weighted by Crippen LogP contribution is 2.28. The number of carbonyl (C=O) groups excluding carboxylic acids is 1. The van der Waals surface area contributed by atoms with Crippen LogP contribution in [-0.4, -0.2) is 30.8 Å². The first-order valence-electron chi connectivity index (χ1n) is 7.18. The highest BCUT2D eigenvalue weighted by atomic mass is 19.3. The quantitative estimate of drug-likeness (QED) is 0.865. The third-order valence-electron chi connectivity index (χ3n) is 3.00. The Bertz CT molecular complexity index is 555. The zero-order chi connectivity index (χ0) is 17.8. The molecule has 0 fully saturated rings. The number of amides is 1. The summed E-state index contributed by atoms with van der Waals surface area (Å²) in [5, 5.41) is 2.57. The molecule has 0 aliphatic carbocycles. The Balaban J connectivity index is 2.90. The van der Waals surface area contributed by atoms with Crippen LogP contribution in [0.2, 0.25) is 0 Å². The molecule has 3 N–H and O–H groups in total. The van der Waals surface area contributed by atoms with Gasteiger partial charge in [-0.25, -0.2) is 13.6 Å². The molecule has 0 saturated carbocycles. The second kappa shape index (κ2) is 7.12. The predicted octanol–water partition coefficient (Wildman–Crippen LogP) is 3.57. The molecule has 1 unspecified atom stereocenters. The molecule has 1 atom stereocenters. The van der Waals surface area contributed by atoms with E-state index in [4.69, 9.17) is 15.2 Å². The van der Waals surface area contributed by atoms with E-state index in [0.29, 0.717) is 17.0 Å². The van der Waals surface area contributed by atoms with Crippen LogP contribution >= 0.6 is 0 Å². The number of nitrogens with one attached hydrogen (secondary N) is 1. The molecular weight excluding hydrogens is 306 g/mol. The van der Waals surface area contributed by atoms with Crippen LogP contribution in [0.15, 0.2) is 18.2 Å². The molecular formula is C16H24F2N2O3. The highest BCUT2D eigenvalue weighted by Gasteiger charge is 2.31. The van der Waals surface area contributed by atoms with Gasteiger partial charge in [0, 0.05) is 11.8 Å². The van der Waals surface area contributed by atoms with Crippen LogP contribution in [-0.2, 0) is 11.2 Å². The van der Waals surface area contributed by atoms with E-state index in [-0.39, 0.29) is 6.42 Å². The lowest BCUT2D eigenvalue weighted by atomic mass is 9.93. The van der Waals surface area contributed by atoms with Crippen molar-refractivity contribution in [3.05, 3.63) is 23.8 Å². The molecule has 1 amide bonds. The van der Waals surface area contributed by atoms with Gasteiger partial charge in [-0.1, -0.05) is 6.07 Å². The Morgan fingerprint density at radius 2 is 1.91 bits per heavy atom. The predicted molar refractivity (Wildman–Crippen MR) is 85.2 cm³/mol. The van der Waals surface area contributed by atoms with E-state index in [9.17, 15) is 13.6 Å². The lowest BCUT2D eigenvalue weighted by molar-refractivity contribution is 0.0634. The standard InChI is InChI=1S/C16H24F2N2O3/c1-15(2,3)23-14(21)20-11-7-6-10(12(8-11)22-5)9-16(4,19)13(17)18/h6-8,13H,9,19H2,1-5H3,(H,20,21). The van der Waals surface area contributed by atoms with Crippen molar-refractivity contribution in [2.75, 3.05) is 12.4 Å². The molecule has 1 aromatic carbocycles. The van der Waals surface area contributed by atoms with Gasteiger partial charge in [-0.15, -0.1) is 0 Å². The van der Waals surface area contributed by atoms with Gasteiger partial charge in [-0.3, -0.25) is 5.32 Å². The van der Waals surface area contributed by atoms with E-state index in [0.717, 1.165) is 0 Å². The molecule has 0 aromatic heterocycles. The van der Waals surface area contributed by atoms with Crippen LogP contribution < -0.4 is 15.8 Å². The van der Waals surface area contributed by atoms with Crippen LogP contribution in [0.1, 0.15) is 33.3 Å². The normalized spacial score (nSPS) is 14.3. The van der Waals surface area contributed by atoms with Crippen LogP contribution in [0.4, 0.5) is 19.3 Å². The monoisotopic (exact) mass is 330 g/mol. The highest BCUT2D eigenvalue weighted by molar-refractivity contribution is 5.85. The Kier molecular flexibility index (Phi) is 5.93. The van der Waals surface area contributed by atoms with Gasteiger partial charge in [0.1, 0.15) is 11.4 Å². The van der Waals surface area contributed by atoms with Gasteiger partial charge in [-0.2, -0.15) is 0 Å². The Hall–Kier alpha value is -1.89. The van der Waals surface area contributed by atoms with Crippen LogP contribution in [0.25, 0.3) is 0 Å². The average Bonchev–Trinajstić information content (AvgIpc) is 2.37. The maximum Gasteiger partial charge on any atom is 0.412 e. The minimum atomic E-state index is -2.66. The topological polar surface area (TPSA) is 73.6 Å². The van der Waals surface area contributed by atoms with E-state index in [1.807, 2.05) is 0 Å². The molecule has 130 valence electrons. The van der Waals surface area contributed by atoms with E-state index in [1.54, 1.807) is 39.0 Å². The molecule has 5 nitrogen and oxygen atoms in total. The fraction of sp³-hybridized carbons (Fsp3) is 0.562. The largest absolute Gasteiger partial charge is 0.496 e. The van der Waals surface area contributed by atoms with Gasteiger partial charge in [0.2, 0.25) is 0 Å². The number of alkyl halides is 2. The Morgan fingerprint density at radius 1 is 1.30 bits per heavy atom. The van der Waals surface area contributed by atoms with E-state index < -0.39 is 23.7 Å². The van der Waals surface area contributed by atoms with E-state index >= 15 is 0 Å². The van der Waals surface area contributed by atoms with Crippen LogP contribution in [0, 0.1) is 0 Å². The number of anilines is 1. The molecule has 7 heteroatoms. The average molecular weight is 330 g/mol. The summed E-state index contributed by atoms with van der Waals surface area (Å²) in [6.07, 6.45) is -3.32. The van der Waals surface area contributed by atoms with E-state index in [2.05, 4.69) is 5.32 Å². The second-order valence-corrected chi connectivity index (χ2v) is 6.64. The summed E-state index contributed by atoms with van der Waals surface area (Å²) in [5.74, 6) is 0.371. The third-order valence-corrected chi connectivity index (χ3v) is 3.00. The van der Waals surface area contributed by atoms with Gasteiger partial charge in [0.15, 0.2) is 0 Å². The van der Waals surface area contributed by atoms with Crippen LogP contribution in [0.5, 0.6) is 5.75 Å². The van der Waals surface area contributed by atoms with Gasteiger partial charge in [0.25, 0.3) is 6.43 Å².